The van der Waals surface area contributed by atoms with Crippen LogP contribution in [0.1, 0.15) is 80.2 Å². The molecule has 0 bridgehead atoms. The summed E-state index contributed by atoms with van der Waals surface area (Å²) in [6.07, 6.45) is 9.24. The summed E-state index contributed by atoms with van der Waals surface area (Å²) in [5, 5.41) is 18.5. The number of benzene rings is 1. The van der Waals surface area contributed by atoms with Crippen LogP contribution in [-0.2, 0) is 5.41 Å². The number of rotatable bonds is 9. The molecule has 0 unspecified atom stereocenters. The van der Waals surface area contributed by atoms with Crippen molar-refractivity contribution in [1.82, 2.24) is 15.4 Å². The van der Waals surface area contributed by atoms with Gasteiger partial charge in [-0.3, -0.25) is 0 Å². The zero-order valence-corrected chi connectivity index (χ0v) is 19.6. The summed E-state index contributed by atoms with van der Waals surface area (Å²) >= 11 is 0. The van der Waals surface area contributed by atoms with Gasteiger partial charge < -0.3 is 19.8 Å². The first kappa shape index (κ1) is 21.4. The largest absolute Gasteiger partial charge is 0.512 e. The van der Waals surface area contributed by atoms with Gasteiger partial charge in [0.05, 0.1) is 11.5 Å². The van der Waals surface area contributed by atoms with Crippen LogP contribution in [-0.4, -0.2) is 47.4 Å². The Morgan fingerprint density at radius 1 is 1.15 bits per heavy atom. The zero-order valence-electron chi connectivity index (χ0n) is 19.6. The molecule has 2 aromatic rings. The van der Waals surface area contributed by atoms with Crippen LogP contribution in [0, 0.1) is 5.41 Å². The molecule has 0 radical (unpaired) electrons. The minimum atomic E-state index is -0.0430. The van der Waals surface area contributed by atoms with E-state index in [1.807, 2.05) is 0 Å². The lowest BCUT2D eigenvalue weighted by atomic mass is 9.67. The summed E-state index contributed by atoms with van der Waals surface area (Å²) in [6.45, 7) is 7.95. The van der Waals surface area contributed by atoms with E-state index >= 15 is 0 Å². The van der Waals surface area contributed by atoms with Crippen molar-refractivity contribution in [3.8, 4) is 0 Å². The molecule has 0 spiro atoms. The van der Waals surface area contributed by atoms with Crippen LogP contribution in [0.3, 0.4) is 0 Å². The number of nitrogens with one attached hydrogen (secondary N) is 1. The lowest BCUT2D eigenvalue weighted by Crippen LogP contribution is -2.46. The van der Waals surface area contributed by atoms with Crippen molar-refractivity contribution in [2.45, 2.75) is 74.7 Å². The predicted octanol–water partition coefficient (Wildman–Crippen LogP) is 5.27. The van der Waals surface area contributed by atoms with Crippen molar-refractivity contribution in [3.05, 3.63) is 65.8 Å². The molecule has 3 aliphatic carbocycles. The number of hydrogen-bond acceptors (Lipinski definition) is 5. The zero-order chi connectivity index (χ0) is 22.5. The third kappa shape index (κ3) is 4.15. The average molecular weight is 448 g/mol. The Morgan fingerprint density at radius 2 is 1.91 bits per heavy atom. The molecule has 2 N–H and O–H groups in total. The molecule has 33 heavy (non-hydrogen) atoms. The van der Waals surface area contributed by atoms with E-state index in [-0.39, 0.29) is 10.8 Å². The van der Waals surface area contributed by atoms with Gasteiger partial charge in [-0.1, -0.05) is 48.5 Å². The van der Waals surface area contributed by atoms with Crippen LogP contribution in [0.15, 0.2) is 53.3 Å². The molecule has 4 fully saturated rings. The number of nitrogens with zero attached hydrogens (tertiary/aromatic N) is 2. The van der Waals surface area contributed by atoms with E-state index in [4.69, 9.17) is 4.52 Å². The molecule has 1 aliphatic heterocycles. The maximum absolute atomic E-state index is 10.1. The molecule has 1 aromatic heterocycles. The number of piperidine rings is 1. The second-order valence-electron chi connectivity index (χ2n) is 11.3. The third-order valence-corrected chi connectivity index (χ3v) is 9.09. The minimum Gasteiger partial charge on any atom is -0.512 e. The van der Waals surface area contributed by atoms with Gasteiger partial charge in [-0.05, 0) is 63.6 Å². The molecule has 6 rings (SSSR count). The van der Waals surface area contributed by atoms with E-state index in [9.17, 15) is 5.11 Å². The molecule has 1 saturated heterocycles. The van der Waals surface area contributed by atoms with E-state index < -0.39 is 0 Å². The fraction of sp³-hybridized carbons (Fsp3) is 0.607. The van der Waals surface area contributed by atoms with E-state index in [0.29, 0.717) is 23.6 Å². The molecule has 2 heterocycles. The Balaban J connectivity index is 1.01. The molecule has 2 atom stereocenters. The van der Waals surface area contributed by atoms with Crippen molar-refractivity contribution >= 4 is 0 Å². The van der Waals surface area contributed by atoms with Crippen LogP contribution in [0.4, 0.5) is 0 Å². The van der Waals surface area contributed by atoms with Crippen LogP contribution in [0.5, 0.6) is 0 Å². The maximum atomic E-state index is 10.1. The van der Waals surface area contributed by atoms with E-state index in [0.717, 1.165) is 63.3 Å². The van der Waals surface area contributed by atoms with Crippen LogP contribution < -0.4 is 5.32 Å². The summed E-state index contributed by atoms with van der Waals surface area (Å²) in [4.78, 5) is 2.51. The van der Waals surface area contributed by atoms with Gasteiger partial charge in [0.1, 0.15) is 5.76 Å². The van der Waals surface area contributed by atoms with Gasteiger partial charge in [0.25, 0.3) is 0 Å². The third-order valence-electron chi connectivity index (χ3n) is 9.09. The summed E-state index contributed by atoms with van der Waals surface area (Å²) in [6, 6.07) is 13.7. The van der Waals surface area contributed by atoms with Gasteiger partial charge in [0.15, 0.2) is 0 Å². The summed E-state index contributed by atoms with van der Waals surface area (Å²) in [5.41, 5.74) is 2.76. The molecular weight excluding hydrogens is 410 g/mol. The van der Waals surface area contributed by atoms with Gasteiger partial charge >= 0.3 is 0 Å². The van der Waals surface area contributed by atoms with Crippen molar-refractivity contribution in [3.63, 3.8) is 0 Å². The Labute approximate surface area is 197 Å². The Bertz CT molecular complexity index is 984. The van der Waals surface area contributed by atoms with Gasteiger partial charge in [-0.25, -0.2) is 0 Å². The SMILES string of the molecule is C=C(O)C1(CN2CCC(c3cc(C4(CN[C@@H]5C[C@H]5c5ccccc5)CC4)no3)CC2)CCC1. The van der Waals surface area contributed by atoms with E-state index in [2.05, 4.69) is 58.4 Å². The van der Waals surface area contributed by atoms with E-state index in [1.165, 1.54) is 31.2 Å². The van der Waals surface area contributed by atoms with Gasteiger partial charge in [0, 0.05) is 47.9 Å². The van der Waals surface area contributed by atoms with Gasteiger partial charge in [-0.15, -0.1) is 0 Å². The standard InChI is InChI=1S/C28H37N3O2/c1-20(32)28(10-5-11-28)19-31-14-8-22(9-15-31)25-17-26(30-33-25)27(12-13-27)18-29-24-16-23(24)21-6-3-2-4-7-21/h2-4,6-7,17,22-24,29,32H,1,5,8-16,18-19H2/t23-,24+/m0/s1. The summed E-state index contributed by atoms with van der Waals surface area (Å²) < 4.78 is 5.90. The molecule has 0 amide bonds. The number of likely N-dealkylation sites (tertiary alicyclic amines) is 1. The van der Waals surface area contributed by atoms with Crippen LogP contribution >= 0.6 is 0 Å². The number of aromatic nitrogens is 1. The van der Waals surface area contributed by atoms with Crippen molar-refractivity contribution in [2.24, 2.45) is 5.41 Å². The van der Waals surface area contributed by atoms with Gasteiger partial charge in [0.2, 0.25) is 0 Å². The molecule has 1 aromatic carbocycles. The highest BCUT2D eigenvalue weighted by Crippen LogP contribution is 2.50. The Morgan fingerprint density at radius 3 is 2.55 bits per heavy atom. The fourth-order valence-electron chi connectivity index (χ4n) is 6.17. The van der Waals surface area contributed by atoms with Gasteiger partial charge in [-0.2, -0.15) is 0 Å². The first-order valence-corrected chi connectivity index (χ1v) is 12.9. The van der Waals surface area contributed by atoms with E-state index in [1.54, 1.807) is 0 Å². The lowest BCUT2D eigenvalue weighted by molar-refractivity contribution is 0.0479. The highest BCUT2D eigenvalue weighted by Gasteiger charge is 2.49. The second-order valence-corrected chi connectivity index (χ2v) is 11.3. The lowest BCUT2D eigenvalue weighted by Gasteiger charge is -2.45. The van der Waals surface area contributed by atoms with Crippen LogP contribution in [0.2, 0.25) is 0 Å². The molecule has 4 aliphatic rings. The number of aliphatic hydroxyl groups excluding tert-OH is 1. The van der Waals surface area contributed by atoms with Crippen LogP contribution in [0.25, 0.3) is 0 Å². The highest BCUT2D eigenvalue weighted by atomic mass is 16.5. The first-order chi connectivity index (χ1) is 16.1. The van der Waals surface area contributed by atoms with Crippen molar-refractivity contribution in [1.29, 1.82) is 0 Å². The normalized spacial score (nSPS) is 28.2. The molecule has 5 heteroatoms. The molecule has 3 saturated carbocycles. The van der Waals surface area contributed by atoms with Crippen molar-refractivity contribution < 1.29 is 9.63 Å². The molecule has 176 valence electrons. The smallest absolute Gasteiger partial charge is 0.140 e. The Hall–Kier alpha value is -2.11. The minimum absolute atomic E-state index is 0.0430. The fourth-order valence-corrected chi connectivity index (χ4v) is 6.17. The Kier molecular flexibility index (Phi) is 5.38. The monoisotopic (exact) mass is 447 g/mol. The summed E-state index contributed by atoms with van der Waals surface area (Å²) in [5.74, 6) is 2.60. The molecular formula is C28H37N3O2. The number of aliphatic hydroxyl groups is 1. The predicted molar refractivity (Wildman–Crippen MR) is 129 cm³/mol. The molecule has 5 nitrogen and oxygen atoms in total. The first-order valence-electron chi connectivity index (χ1n) is 12.9. The average Bonchev–Trinajstić information content (AvgIpc) is 3.72. The topological polar surface area (TPSA) is 61.5 Å². The maximum Gasteiger partial charge on any atom is 0.140 e. The number of hydrogen-bond donors (Lipinski definition) is 2. The highest BCUT2D eigenvalue weighted by molar-refractivity contribution is 5.30. The van der Waals surface area contributed by atoms with Crippen molar-refractivity contribution in [2.75, 3.05) is 26.2 Å². The second kappa shape index (κ2) is 8.28. The quantitative estimate of drug-likeness (QED) is 0.513. The summed E-state index contributed by atoms with van der Waals surface area (Å²) in [7, 11) is 0.